The quantitative estimate of drug-likeness (QED) is 0.495. The third-order valence-corrected chi connectivity index (χ3v) is 4.34. The summed E-state index contributed by atoms with van der Waals surface area (Å²) < 4.78 is 5.42. The number of carbonyl (C=O) groups is 2. The first-order valence-corrected chi connectivity index (χ1v) is 6.86. The highest BCUT2D eigenvalue weighted by molar-refractivity contribution is 6.01. The van der Waals surface area contributed by atoms with Gasteiger partial charge in [-0.1, -0.05) is 0 Å². The molecule has 0 radical (unpaired) electrons. The number of rotatable bonds is 2. The van der Waals surface area contributed by atoms with Crippen LogP contribution in [0.15, 0.2) is 4.99 Å². The molecule has 0 aromatic rings. The zero-order valence-electron chi connectivity index (χ0n) is 12.1. The van der Waals surface area contributed by atoms with Crippen LogP contribution in [0.25, 0.3) is 0 Å². The number of nitrogens with zero attached hydrogens (tertiary/aromatic N) is 4. The van der Waals surface area contributed by atoms with Gasteiger partial charge in [-0.3, -0.25) is 9.69 Å². The second-order valence-electron chi connectivity index (χ2n) is 5.59. The van der Waals surface area contributed by atoms with E-state index < -0.39 is 55.3 Å². The van der Waals surface area contributed by atoms with Gasteiger partial charge in [0.2, 0.25) is 0 Å². The maximum absolute atomic E-state index is 12.4. The van der Waals surface area contributed by atoms with Gasteiger partial charge in [0.05, 0.1) is 12.9 Å². The third kappa shape index (κ3) is 1.92. The SMILES string of the molecule is CN1C(=O)[C@@H]2[C@H](N=CN2[C@@H]2O[C@H](CO)[C@@H](O)[C@@H]2O)N(C)C1=O. The molecule has 3 N–H and O–H groups in total. The van der Waals surface area contributed by atoms with Gasteiger partial charge in [-0.15, -0.1) is 0 Å². The molecule has 0 aliphatic carbocycles. The molecular weight excluding hydrogens is 296 g/mol. The number of urea groups is 1. The minimum atomic E-state index is -1.30. The predicted octanol–water partition coefficient (Wildman–Crippen LogP) is -3.01. The Morgan fingerprint density at radius 3 is 2.55 bits per heavy atom. The van der Waals surface area contributed by atoms with E-state index in [0.29, 0.717) is 0 Å². The van der Waals surface area contributed by atoms with E-state index in [-0.39, 0.29) is 0 Å². The van der Waals surface area contributed by atoms with Gasteiger partial charge in [-0.2, -0.15) is 0 Å². The molecule has 0 aromatic carbocycles. The molecule has 0 spiro atoms. The van der Waals surface area contributed by atoms with Gasteiger partial charge in [0.15, 0.2) is 18.4 Å². The number of likely N-dealkylation sites (N-methyl/N-ethyl adjacent to an activating group) is 2. The van der Waals surface area contributed by atoms with Crippen LogP contribution in [0.5, 0.6) is 0 Å². The van der Waals surface area contributed by atoms with Gasteiger partial charge in [0.25, 0.3) is 5.91 Å². The predicted molar refractivity (Wildman–Crippen MR) is 71.6 cm³/mol. The van der Waals surface area contributed by atoms with Crippen molar-refractivity contribution in [1.29, 1.82) is 0 Å². The van der Waals surface area contributed by atoms with E-state index in [1.165, 1.54) is 30.2 Å². The number of hydrogen-bond donors (Lipinski definition) is 3. The normalized spacial score (nSPS) is 41.6. The fourth-order valence-electron chi connectivity index (χ4n) is 3.01. The van der Waals surface area contributed by atoms with Crippen LogP contribution in [-0.4, -0.2) is 106 Å². The van der Waals surface area contributed by atoms with Crippen molar-refractivity contribution >= 4 is 18.3 Å². The van der Waals surface area contributed by atoms with E-state index in [0.717, 1.165) is 4.90 Å². The fraction of sp³-hybridized carbons (Fsp3) is 0.750. The highest BCUT2D eigenvalue weighted by Gasteiger charge is 2.54. The van der Waals surface area contributed by atoms with Crippen molar-refractivity contribution < 1.29 is 29.6 Å². The Kier molecular flexibility index (Phi) is 3.56. The summed E-state index contributed by atoms with van der Waals surface area (Å²) in [5, 5.41) is 29.1. The van der Waals surface area contributed by atoms with Crippen molar-refractivity contribution in [1.82, 2.24) is 14.7 Å². The number of ether oxygens (including phenoxy) is 1. The molecule has 3 aliphatic heterocycles. The number of fused-ring (bicyclic) bond motifs is 1. The van der Waals surface area contributed by atoms with Crippen LogP contribution < -0.4 is 0 Å². The number of imide groups is 1. The second kappa shape index (κ2) is 5.16. The Morgan fingerprint density at radius 2 is 1.95 bits per heavy atom. The van der Waals surface area contributed by atoms with Crippen molar-refractivity contribution in [3.8, 4) is 0 Å². The molecule has 6 atom stereocenters. The molecule has 10 nitrogen and oxygen atoms in total. The summed E-state index contributed by atoms with van der Waals surface area (Å²) >= 11 is 0. The maximum Gasteiger partial charge on any atom is 0.328 e. The van der Waals surface area contributed by atoms with Crippen molar-refractivity contribution in [2.24, 2.45) is 4.99 Å². The lowest BCUT2D eigenvalue weighted by Crippen LogP contribution is -2.65. The molecule has 0 saturated carbocycles. The van der Waals surface area contributed by atoms with Crippen molar-refractivity contribution in [3.63, 3.8) is 0 Å². The molecule has 22 heavy (non-hydrogen) atoms. The molecule has 2 fully saturated rings. The number of aliphatic hydroxyl groups excluding tert-OH is 3. The Labute approximate surface area is 126 Å². The topological polar surface area (TPSA) is 126 Å². The zero-order chi connectivity index (χ0) is 16.2. The number of aliphatic imine (C=N–C) groups is 1. The van der Waals surface area contributed by atoms with Crippen LogP contribution in [0.2, 0.25) is 0 Å². The fourth-order valence-corrected chi connectivity index (χ4v) is 3.01. The maximum atomic E-state index is 12.4. The summed E-state index contributed by atoms with van der Waals surface area (Å²) in [6.45, 7) is -0.458. The first-order chi connectivity index (χ1) is 10.4. The Balaban J connectivity index is 1.87. The summed E-state index contributed by atoms with van der Waals surface area (Å²) in [4.78, 5) is 32.1. The molecule has 10 heteroatoms. The molecule has 3 amide bonds. The van der Waals surface area contributed by atoms with Gasteiger partial charge in [-0.05, 0) is 0 Å². The summed E-state index contributed by atoms with van der Waals surface area (Å²) in [5.41, 5.74) is 0. The summed E-state index contributed by atoms with van der Waals surface area (Å²) in [7, 11) is 2.90. The van der Waals surface area contributed by atoms with Gasteiger partial charge in [0.1, 0.15) is 18.3 Å². The van der Waals surface area contributed by atoms with Crippen LogP contribution in [-0.2, 0) is 9.53 Å². The van der Waals surface area contributed by atoms with Gasteiger partial charge in [0, 0.05) is 14.1 Å². The number of amides is 3. The van der Waals surface area contributed by atoms with Crippen molar-refractivity contribution in [2.75, 3.05) is 20.7 Å². The van der Waals surface area contributed by atoms with E-state index in [1.807, 2.05) is 0 Å². The molecule has 122 valence electrons. The van der Waals surface area contributed by atoms with Crippen molar-refractivity contribution in [2.45, 2.75) is 36.7 Å². The van der Waals surface area contributed by atoms with Gasteiger partial charge < -0.3 is 29.9 Å². The Morgan fingerprint density at radius 1 is 1.27 bits per heavy atom. The minimum Gasteiger partial charge on any atom is -0.394 e. The molecule has 3 heterocycles. The monoisotopic (exact) mass is 314 g/mol. The Bertz CT molecular complexity index is 528. The lowest BCUT2D eigenvalue weighted by Gasteiger charge is -2.41. The third-order valence-electron chi connectivity index (χ3n) is 4.34. The molecule has 0 bridgehead atoms. The average Bonchev–Trinajstić information content (AvgIpc) is 3.06. The van der Waals surface area contributed by atoms with E-state index in [4.69, 9.17) is 9.84 Å². The second-order valence-corrected chi connectivity index (χ2v) is 5.59. The minimum absolute atomic E-state index is 0.458. The molecule has 0 aromatic heterocycles. The van der Waals surface area contributed by atoms with Crippen LogP contribution in [0.1, 0.15) is 0 Å². The van der Waals surface area contributed by atoms with Crippen molar-refractivity contribution in [3.05, 3.63) is 0 Å². The smallest absolute Gasteiger partial charge is 0.328 e. The lowest BCUT2D eigenvalue weighted by molar-refractivity contribution is -0.144. The number of carbonyl (C=O) groups excluding carboxylic acids is 2. The van der Waals surface area contributed by atoms with Crippen LogP contribution in [0.4, 0.5) is 4.79 Å². The molecule has 2 saturated heterocycles. The summed E-state index contributed by atoms with van der Waals surface area (Å²) in [6, 6.07) is -1.30. The largest absolute Gasteiger partial charge is 0.394 e. The van der Waals surface area contributed by atoms with Crippen LogP contribution in [0, 0.1) is 0 Å². The molecule has 3 rings (SSSR count). The summed E-state index contributed by atoms with van der Waals surface area (Å²) in [6.07, 6.45) is -3.91. The van der Waals surface area contributed by atoms with E-state index >= 15 is 0 Å². The first-order valence-electron chi connectivity index (χ1n) is 6.86. The molecule has 3 aliphatic rings. The summed E-state index contributed by atoms with van der Waals surface area (Å²) in [5.74, 6) is -0.469. The first kappa shape index (κ1) is 15.2. The number of aliphatic hydroxyl groups is 3. The lowest BCUT2D eigenvalue weighted by atomic mass is 10.1. The van der Waals surface area contributed by atoms with E-state index in [9.17, 15) is 19.8 Å². The molecular formula is C12H18N4O6. The highest BCUT2D eigenvalue weighted by atomic mass is 16.6. The van der Waals surface area contributed by atoms with Crippen LogP contribution >= 0.6 is 0 Å². The average molecular weight is 314 g/mol. The van der Waals surface area contributed by atoms with Gasteiger partial charge in [-0.25, -0.2) is 9.79 Å². The standard InChI is InChI=1S/C12H18N4O6/c1-14-9-6(10(20)15(2)12(14)21)16(4-13-9)11-8(19)7(18)5(3-17)22-11/h4-9,11,17-19H,3H2,1-2H3/t5-,6+,7-,8+,9-,11-/m1/s1. The van der Waals surface area contributed by atoms with E-state index in [2.05, 4.69) is 4.99 Å². The van der Waals surface area contributed by atoms with Crippen LogP contribution in [0.3, 0.4) is 0 Å². The Hall–Kier alpha value is -1.75. The van der Waals surface area contributed by atoms with Gasteiger partial charge >= 0.3 is 6.03 Å². The van der Waals surface area contributed by atoms with E-state index in [1.54, 1.807) is 0 Å². The highest BCUT2D eigenvalue weighted by Crippen LogP contribution is 2.31. The number of hydrogen-bond acceptors (Lipinski definition) is 8. The molecule has 0 unspecified atom stereocenters. The zero-order valence-corrected chi connectivity index (χ0v) is 12.1.